The number of aromatic nitrogens is 1. The van der Waals surface area contributed by atoms with Crippen molar-refractivity contribution in [2.24, 2.45) is 11.1 Å². The van der Waals surface area contributed by atoms with E-state index in [1.807, 2.05) is 68.4 Å². The van der Waals surface area contributed by atoms with Crippen LogP contribution in [0.25, 0.3) is 5.70 Å². The number of anilines is 1. The summed E-state index contributed by atoms with van der Waals surface area (Å²) in [5, 5.41) is 29.0. The Balaban J connectivity index is 2.10. The van der Waals surface area contributed by atoms with E-state index in [4.69, 9.17) is 10.5 Å². The molecule has 0 saturated carbocycles. The number of nitrogens with one attached hydrogen (secondary N) is 2. The average molecular weight is 453 g/mol. The molecule has 1 heterocycles. The zero-order valence-electron chi connectivity index (χ0n) is 17.3. The summed E-state index contributed by atoms with van der Waals surface area (Å²) in [6.07, 6.45) is 0.543. The van der Waals surface area contributed by atoms with Gasteiger partial charge in [-0.25, -0.2) is 9.78 Å². The van der Waals surface area contributed by atoms with Gasteiger partial charge in [-0.3, -0.25) is 5.14 Å². The van der Waals surface area contributed by atoms with Gasteiger partial charge in [-0.05, 0) is 41.1 Å². The molecule has 2 aromatic carbocycles. The number of carboxylic acid groups (broad SMARTS) is 1. The first-order chi connectivity index (χ1) is 14.9. The predicted molar refractivity (Wildman–Crippen MR) is 129 cm³/mol. The highest BCUT2D eigenvalue weighted by molar-refractivity contribution is 7.97. The largest absolute Gasteiger partial charge is 0.476 e. The van der Waals surface area contributed by atoms with Crippen LogP contribution in [0.3, 0.4) is 0 Å². The van der Waals surface area contributed by atoms with E-state index in [0.29, 0.717) is 17.3 Å². The topological polar surface area (TPSA) is 112 Å². The van der Waals surface area contributed by atoms with Crippen LogP contribution in [-0.4, -0.2) is 21.8 Å². The van der Waals surface area contributed by atoms with Gasteiger partial charge in [0.25, 0.3) is 0 Å². The second kappa shape index (κ2) is 10.4. The van der Waals surface area contributed by atoms with Crippen LogP contribution in [-0.2, 0) is 6.42 Å². The van der Waals surface area contributed by atoms with E-state index in [2.05, 4.69) is 10.3 Å². The third kappa shape index (κ3) is 5.81. The number of nitrogens with zero attached hydrogens (tertiary/aromatic N) is 1. The van der Waals surface area contributed by atoms with Crippen molar-refractivity contribution in [3.05, 3.63) is 82.4 Å². The van der Waals surface area contributed by atoms with Crippen molar-refractivity contribution < 1.29 is 9.90 Å². The molecule has 0 aliphatic rings. The summed E-state index contributed by atoms with van der Waals surface area (Å²) in [5.74, 6) is -1.05. The van der Waals surface area contributed by atoms with Crippen LogP contribution in [0.5, 0.6) is 0 Å². The quantitative estimate of drug-likeness (QED) is 0.250. The highest BCUT2D eigenvalue weighted by atomic mass is 32.2. The Bertz CT molecular complexity index is 1090. The molecule has 0 saturated heterocycles. The second-order valence-corrected chi connectivity index (χ2v) is 8.76. The summed E-state index contributed by atoms with van der Waals surface area (Å²) in [6.45, 7) is 3.98. The zero-order valence-corrected chi connectivity index (χ0v) is 18.9. The molecule has 0 radical (unpaired) electrons. The maximum atomic E-state index is 11.3. The Morgan fingerprint density at radius 1 is 1.19 bits per heavy atom. The molecule has 160 valence electrons. The minimum absolute atomic E-state index is 0.00438. The van der Waals surface area contributed by atoms with Crippen molar-refractivity contribution in [1.82, 2.24) is 4.98 Å². The number of carbonyl (C=O) groups is 1. The first-order valence-electron chi connectivity index (χ1n) is 9.68. The number of allylic oxidation sites excluding steroid dienone is 1. The van der Waals surface area contributed by atoms with Crippen molar-refractivity contribution in [2.45, 2.75) is 25.2 Å². The smallest absolute Gasteiger partial charge is 0.355 e. The molecule has 0 aliphatic heterocycles. The fourth-order valence-corrected chi connectivity index (χ4v) is 4.00. The van der Waals surface area contributed by atoms with E-state index in [9.17, 15) is 9.90 Å². The molecule has 31 heavy (non-hydrogen) atoms. The number of thiazole rings is 1. The van der Waals surface area contributed by atoms with Gasteiger partial charge >= 0.3 is 5.97 Å². The molecule has 6 nitrogen and oxygen atoms in total. The predicted octanol–water partition coefficient (Wildman–Crippen LogP) is 5.55. The van der Waals surface area contributed by atoms with Crippen LogP contribution in [0.4, 0.5) is 5.13 Å². The summed E-state index contributed by atoms with van der Waals surface area (Å²) < 4.78 is 0. The minimum Gasteiger partial charge on any atom is -0.476 e. The molecule has 3 rings (SSSR count). The van der Waals surface area contributed by atoms with Gasteiger partial charge in [-0.1, -0.05) is 56.3 Å². The van der Waals surface area contributed by atoms with E-state index < -0.39 is 5.97 Å². The zero-order chi connectivity index (χ0) is 22.4. The number of hydrogen-bond donors (Lipinski definition) is 4. The maximum Gasteiger partial charge on any atom is 0.355 e. The Hall–Kier alpha value is -2.94. The Kier molecular flexibility index (Phi) is 7.62. The van der Waals surface area contributed by atoms with Gasteiger partial charge in [-0.15, -0.1) is 11.3 Å². The summed E-state index contributed by atoms with van der Waals surface area (Å²) >= 11 is 2.42. The first kappa shape index (κ1) is 22.7. The number of hydrogen-bond acceptors (Lipinski definition) is 7. The van der Waals surface area contributed by atoms with E-state index in [1.54, 1.807) is 0 Å². The van der Waals surface area contributed by atoms with Crippen molar-refractivity contribution in [3.8, 4) is 0 Å². The van der Waals surface area contributed by atoms with Crippen LogP contribution in [0.1, 0.15) is 35.5 Å². The molecule has 0 amide bonds. The molecule has 0 spiro atoms. The lowest BCUT2D eigenvalue weighted by Gasteiger charge is -2.20. The van der Waals surface area contributed by atoms with Crippen LogP contribution in [0.15, 0.2) is 70.4 Å². The molecular weight excluding hydrogens is 428 g/mol. The van der Waals surface area contributed by atoms with Crippen LogP contribution >= 0.6 is 23.3 Å². The SMILES string of the molecule is CC(C)C(=N)/C(Cc1ccc(SN)cc1)=C(\Nc1nc(C(=O)O)cs1)c1ccccc1. The molecule has 1 aromatic heterocycles. The van der Waals surface area contributed by atoms with Crippen LogP contribution < -0.4 is 10.5 Å². The summed E-state index contributed by atoms with van der Waals surface area (Å²) in [4.78, 5) is 16.4. The number of benzene rings is 2. The van der Waals surface area contributed by atoms with Crippen LogP contribution in [0.2, 0.25) is 0 Å². The summed E-state index contributed by atoms with van der Waals surface area (Å²) in [7, 11) is 0. The minimum atomic E-state index is -1.07. The lowest BCUT2D eigenvalue weighted by molar-refractivity contribution is 0.0691. The molecule has 0 bridgehead atoms. The van der Waals surface area contributed by atoms with Crippen LogP contribution in [0, 0.1) is 11.3 Å². The van der Waals surface area contributed by atoms with Gasteiger partial charge in [0.1, 0.15) is 0 Å². The van der Waals surface area contributed by atoms with Crippen molar-refractivity contribution in [3.63, 3.8) is 0 Å². The van der Waals surface area contributed by atoms with Crippen molar-refractivity contribution in [2.75, 3.05) is 5.32 Å². The van der Waals surface area contributed by atoms with E-state index in [0.717, 1.165) is 27.3 Å². The van der Waals surface area contributed by atoms with E-state index in [1.165, 1.54) is 28.7 Å². The molecule has 0 fully saturated rings. The van der Waals surface area contributed by atoms with Gasteiger partial charge < -0.3 is 15.8 Å². The van der Waals surface area contributed by atoms with E-state index >= 15 is 0 Å². The van der Waals surface area contributed by atoms with Gasteiger partial charge in [0.05, 0.1) is 5.70 Å². The standard InChI is InChI=1S/C23H24N4O2S2/c1-14(2)20(24)18(12-15-8-10-17(31-25)11-9-15)21(16-6-4-3-5-7-16)27-23-26-19(13-30-23)22(28)29/h3-11,13-14,24H,12,25H2,1-2H3,(H,26,27)(H,28,29)/b21-18-,24-20?. The van der Waals surface area contributed by atoms with Gasteiger partial charge in [0.15, 0.2) is 10.8 Å². The second-order valence-electron chi connectivity index (χ2n) is 7.19. The normalized spacial score (nSPS) is 11.9. The first-order valence-corrected chi connectivity index (χ1v) is 11.4. The highest BCUT2D eigenvalue weighted by Gasteiger charge is 2.19. The monoisotopic (exact) mass is 452 g/mol. The lowest BCUT2D eigenvalue weighted by atomic mass is 9.90. The highest BCUT2D eigenvalue weighted by Crippen LogP contribution is 2.29. The molecule has 5 N–H and O–H groups in total. The number of rotatable bonds is 9. The molecule has 3 aromatic rings. The summed E-state index contributed by atoms with van der Waals surface area (Å²) in [6, 6.07) is 17.7. The molecule has 0 atom stereocenters. The summed E-state index contributed by atoms with van der Waals surface area (Å²) in [5.41, 5.74) is 4.06. The maximum absolute atomic E-state index is 11.3. The number of carboxylic acids is 1. The molecule has 0 aliphatic carbocycles. The number of aromatic carboxylic acids is 1. The van der Waals surface area contributed by atoms with Gasteiger partial charge in [-0.2, -0.15) is 0 Å². The van der Waals surface area contributed by atoms with E-state index in [-0.39, 0.29) is 11.6 Å². The molecule has 0 unspecified atom stereocenters. The number of nitrogens with two attached hydrogens (primary N) is 1. The lowest BCUT2D eigenvalue weighted by Crippen LogP contribution is -2.17. The van der Waals surface area contributed by atoms with Crippen molar-refractivity contribution >= 4 is 45.8 Å². The molecular formula is C23H24N4O2S2. The average Bonchev–Trinajstić information content (AvgIpc) is 3.26. The van der Waals surface area contributed by atoms with Gasteiger partial charge in [0.2, 0.25) is 0 Å². The van der Waals surface area contributed by atoms with Gasteiger partial charge in [0, 0.05) is 28.0 Å². The Morgan fingerprint density at radius 2 is 1.87 bits per heavy atom. The Morgan fingerprint density at radius 3 is 2.42 bits per heavy atom. The fraction of sp³-hybridized carbons (Fsp3) is 0.174. The Labute approximate surface area is 189 Å². The molecule has 8 heteroatoms. The third-order valence-electron chi connectivity index (χ3n) is 4.66. The fourth-order valence-electron chi connectivity index (χ4n) is 3.02. The van der Waals surface area contributed by atoms with Crippen molar-refractivity contribution in [1.29, 1.82) is 5.41 Å². The third-order valence-corrected chi connectivity index (χ3v) is 5.96.